The van der Waals surface area contributed by atoms with E-state index in [1.165, 1.54) is 0 Å². The van der Waals surface area contributed by atoms with Crippen molar-refractivity contribution >= 4 is 34.2 Å². The Labute approximate surface area is 178 Å². The lowest BCUT2D eigenvalue weighted by Crippen LogP contribution is -2.26. The SMILES string of the molecule is Cc1c(N)ccc(N=C2C=C(Nc3ccc(N)c(C)c3C)C(=O)C=C2N(C)C)c1C. The molecule has 0 unspecified atom stereocenters. The molecule has 2 aromatic carbocycles. The summed E-state index contributed by atoms with van der Waals surface area (Å²) in [5.41, 5.74) is 21.1. The van der Waals surface area contributed by atoms with Gasteiger partial charge in [-0.15, -0.1) is 0 Å². The second-order valence-electron chi connectivity index (χ2n) is 7.84. The lowest BCUT2D eigenvalue weighted by Gasteiger charge is -2.23. The van der Waals surface area contributed by atoms with E-state index in [4.69, 9.17) is 16.5 Å². The monoisotopic (exact) mass is 403 g/mol. The highest BCUT2D eigenvalue weighted by Crippen LogP contribution is 2.29. The third-order valence-corrected chi connectivity index (χ3v) is 5.70. The number of hydrogen-bond donors (Lipinski definition) is 3. The number of anilines is 3. The Morgan fingerprint density at radius 2 is 1.43 bits per heavy atom. The predicted octanol–water partition coefficient (Wildman–Crippen LogP) is 4.18. The van der Waals surface area contributed by atoms with Gasteiger partial charge >= 0.3 is 0 Å². The van der Waals surface area contributed by atoms with Gasteiger partial charge in [0, 0.05) is 37.2 Å². The number of nitrogens with one attached hydrogen (secondary N) is 1. The Hall–Kier alpha value is -3.54. The molecule has 0 saturated carbocycles. The zero-order valence-electron chi connectivity index (χ0n) is 18.4. The summed E-state index contributed by atoms with van der Waals surface area (Å²) in [5.74, 6) is -0.100. The zero-order valence-corrected chi connectivity index (χ0v) is 18.4. The van der Waals surface area contributed by atoms with E-state index in [0.717, 1.165) is 50.7 Å². The highest BCUT2D eigenvalue weighted by atomic mass is 16.1. The molecule has 0 bridgehead atoms. The Bertz CT molecular complexity index is 1120. The molecule has 0 saturated heterocycles. The van der Waals surface area contributed by atoms with Crippen LogP contribution in [0, 0.1) is 27.7 Å². The minimum Gasteiger partial charge on any atom is -0.399 e. The molecule has 30 heavy (non-hydrogen) atoms. The summed E-state index contributed by atoms with van der Waals surface area (Å²) in [6, 6.07) is 7.50. The van der Waals surface area contributed by atoms with E-state index in [-0.39, 0.29) is 5.78 Å². The van der Waals surface area contributed by atoms with E-state index in [0.29, 0.717) is 11.4 Å². The van der Waals surface area contributed by atoms with Gasteiger partial charge in [-0.2, -0.15) is 0 Å². The Kier molecular flexibility index (Phi) is 5.69. The van der Waals surface area contributed by atoms with Gasteiger partial charge in [-0.25, -0.2) is 4.99 Å². The first-order valence-electron chi connectivity index (χ1n) is 9.82. The molecule has 0 spiro atoms. The third-order valence-electron chi connectivity index (χ3n) is 5.70. The molecule has 2 aromatic rings. The summed E-state index contributed by atoms with van der Waals surface area (Å²) in [6.45, 7) is 7.94. The van der Waals surface area contributed by atoms with Crippen molar-refractivity contribution in [3.8, 4) is 0 Å². The van der Waals surface area contributed by atoms with Crippen LogP contribution in [-0.4, -0.2) is 30.5 Å². The minimum atomic E-state index is -0.100. The fraction of sp³-hybridized carbons (Fsp3) is 0.250. The van der Waals surface area contributed by atoms with Gasteiger partial charge in [-0.1, -0.05) is 0 Å². The molecule has 0 fully saturated rings. The smallest absolute Gasteiger partial charge is 0.204 e. The maximum Gasteiger partial charge on any atom is 0.204 e. The van der Waals surface area contributed by atoms with Crippen molar-refractivity contribution in [2.24, 2.45) is 4.99 Å². The van der Waals surface area contributed by atoms with E-state index in [9.17, 15) is 4.79 Å². The molecule has 1 aliphatic carbocycles. The number of carbonyl (C=O) groups excluding carboxylic acids is 1. The first-order valence-corrected chi connectivity index (χ1v) is 9.82. The van der Waals surface area contributed by atoms with Crippen molar-refractivity contribution in [3.05, 3.63) is 70.1 Å². The summed E-state index contributed by atoms with van der Waals surface area (Å²) < 4.78 is 0. The van der Waals surface area contributed by atoms with Crippen LogP contribution in [0.4, 0.5) is 22.7 Å². The summed E-state index contributed by atoms with van der Waals surface area (Å²) in [4.78, 5) is 19.6. The van der Waals surface area contributed by atoms with Crippen LogP contribution in [-0.2, 0) is 4.79 Å². The topological polar surface area (TPSA) is 96.7 Å². The molecule has 5 N–H and O–H groups in total. The Morgan fingerprint density at radius 3 is 2.07 bits per heavy atom. The second kappa shape index (κ2) is 8.06. The van der Waals surface area contributed by atoms with Crippen molar-refractivity contribution in [3.63, 3.8) is 0 Å². The summed E-state index contributed by atoms with van der Waals surface area (Å²) in [7, 11) is 3.80. The maximum atomic E-state index is 12.8. The van der Waals surface area contributed by atoms with Crippen molar-refractivity contribution < 1.29 is 4.79 Å². The zero-order chi connectivity index (χ0) is 22.2. The first-order chi connectivity index (χ1) is 14.1. The van der Waals surface area contributed by atoms with E-state index in [2.05, 4.69) is 5.32 Å². The molecule has 0 aliphatic heterocycles. The third kappa shape index (κ3) is 3.94. The van der Waals surface area contributed by atoms with Gasteiger partial charge in [0.05, 0.1) is 22.8 Å². The van der Waals surface area contributed by atoms with Crippen molar-refractivity contribution in [2.75, 3.05) is 30.9 Å². The largest absolute Gasteiger partial charge is 0.399 e. The molecular formula is C24H29N5O. The lowest BCUT2D eigenvalue weighted by atomic mass is 10.0. The van der Waals surface area contributed by atoms with E-state index in [1.807, 2.05) is 71.0 Å². The standard InChI is InChI=1S/C24H29N5O/c1-13-15(3)19(9-7-17(13)25)27-21-11-22(24(30)12-23(21)29(5)6)28-20-10-8-18(26)14(2)16(20)4/h7-12,28H,25-26H2,1-6H3. The van der Waals surface area contributed by atoms with Crippen LogP contribution in [0.25, 0.3) is 0 Å². The number of benzene rings is 2. The number of rotatable bonds is 4. The summed E-state index contributed by atoms with van der Waals surface area (Å²) in [6.07, 6.45) is 3.41. The average Bonchev–Trinajstić information content (AvgIpc) is 2.70. The van der Waals surface area contributed by atoms with E-state index in [1.54, 1.807) is 12.2 Å². The molecule has 1 aliphatic rings. The summed E-state index contributed by atoms with van der Waals surface area (Å²) >= 11 is 0. The van der Waals surface area contributed by atoms with Crippen LogP contribution in [0.1, 0.15) is 22.3 Å². The van der Waals surface area contributed by atoms with Gasteiger partial charge in [0.25, 0.3) is 0 Å². The van der Waals surface area contributed by atoms with E-state index >= 15 is 0 Å². The van der Waals surface area contributed by atoms with Gasteiger partial charge in [-0.05, 0) is 80.3 Å². The van der Waals surface area contributed by atoms with Gasteiger partial charge < -0.3 is 21.7 Å². The Balaban J connectivity index is 2.07. The number of ketones is 1. The highest BCUT2D eigenvalue weighted by Gasteiger charge is 2.21. The first kappa shape index (κ1) is 21.2. The lowest BCUT2D eigenvalue weighted by molar-refractivity contribution is -0.111. The molecular weight excluding hydrogens is 374 g/mol. The van der Waals surface area contributed by atoms with Crippen LogP contribution < -0.4 is 16.8 Å². The quantitative estimate of drug-likeness (QED) is 0.526. The normalized spacial score (nSPS) is 15.1. The van der Waals surface area contributed by atoms with Crippen LogP contribution in [0.3, 0.4) is 0 Å². The summed E-state index contributed by atoms with van der Waals surface area (Å²) in [5, 5.41) is 3.27. The van der Waals surface area contributed by atoms with Gasteiger partial charge in [0.2, 0.25) is 5.78 Å². The van der Waals surface area contributed by atoms with Gasteiger partial charge in [0.15, 0.2) is 0 Å². The number of allylic oxidation sites excluding steroid dienone is 2. The Morgan fingerprint density at radius 1 is 0.833 bits per heavy atom. The molecule has 6 heteroatoms. The van der Waals surface area contributed by atoms with Crippen LogP contribution >= 0.6 is 0 Å². The number of aliphatic imine (C=N–C) groups is 1. The number of nitrogen functional groups attached to an aromatic ring is 2. The molecule has 0 radical (unpaired) electrons. The fourth-order valence-corrected chi connectivity index (χ4v) is 3.30. The van der Waals surface area contributed by atoms with Crippen LogP contribution in [0.5, 0.6) is 0 Å². The van der Waals surface area contributed by atoms with Crippen molar-refractivity contribution in [1.82, 2.24) is 4.90 Å². The highest BCUT2D eigenvalue weighted by molar-refractivity contribution is 6.23. The van der Waals surface area contributed by atoms with Crippen LogP contribution in [0.15, 0.2) is 52.8 Å². The molecule has 0 atom stereocenters. The predicted molar refractivity (Wildman–Crippen MR) is 126 cm³/mol. The number of nitrogens with two attached hydrogens (primary N) is 2. The molecule has 0 heterocycles. The fourth-order valence-electron chi connectivity index (χ4n) is 3.30. The number of carbonyl (C=O) groups is 1. The number of nitrogens with zero attached hydrogens (tertiary/aromatic N) is 2. The van der Waals surface area contributed by atoms with Crippen LogP contribution in [0.2, 0.25) is 0 Å². The molecule has 3 rings (SSSR count). The number of hydrogen-bond acceptors (Lipinski definition) is 6. The van der Waals surface area contributed by atoms with Gasteiger partial charge in [0.1, 0.15) is 0 Å². The molecule has 156 valence electrons. The molecule has 0 aromatic heterocycles. The molecule has 6 nitrogen and oxygen atoms in total. The molecule has 0 amide bonds. The average molecular weight is 404 g/mol. The van der Waals surface area contributed by atoms with E-state index < -0.39 is 0 Å². The van der Waals surface area contributed by atoms with Crippen molar-refractivity contribution in [1.29, 1.82) is 0 Å². The van der Waals surface area contributed by atoms with Gasteiger partial charge in [-0.3, -0.25) is 4.79 Å². The minimum absolute atomic E-state index is 0.100. The maximum absolute atomic E-state index is 12.8. The second-order valence-corrected chi connectivity index (χ2v) is 7.84. The van der Waals surface area contributed by atoms with Crippen molar-refractivity contribution in [2.45, 2.75) is 27.7 Å².